The number of fused-ring (bicyclic) bond motifs is 1. The smallest absolute Gasteiger partial charge is 0.130 e. The number of hydrogen-bond donors (Lipinski definition) is 1. The molecule has 98 valence electrons. The Morgan fingerprint density at radius 2 is 2.16 bits per heavy atom. The molecule has 1 N–H and O–H groups in total. The number of hydrogen-bond acceptors (Lipinski definition) is 4. The fraction of sp³-hybridized carbons (Fsp3) is 0.333. The number of nitrogens with zero attached hydrogens (tertiary/aromatic N) is 2. The van der Waals surface area contributed by atoms with Crippen molar-refractivity contribution in [3.8, 4) is 17.0 Å². The van der Waals surface area contributed by atoms with Gasteiger partial charge in [-0.1, -0.05) is 0 Å². The lowest BCUT2D eigenvalue weighted by molar-refractivity contribution is 0.357. The van der Waals surface area contributed by atoms with Crippen molar-refractivity contribution in [1.82, 2.24) is 9.97 Å². The minimum Gasteiger partial charge on any atom is -0.493 e. The second-order valence-corrected chi connectivity index (χ2v) is 4.64. The molecule has 1 aromatic heterocycles. The highest BCUT2D eigenvalue weighted by molar-refractivity contribution is 5.65. The topological polar surface area (TPSA) is 47.0 Å². The zero-order chi connectivity index (χ0) is 13.2. The molecule has 19 heavy (non-hydrogen) atoms. The summed E-state index contributed by atoms with van der Waals surface area (Å²) >= 11 is 0. The van der Waals surface area contributed by atoms with Crippen LogP contribution >= 0.6 is 0 Å². The number of aryl methyl sites for hydroxylation is 1. The van der Waals surface area contributed by atoms with Gasteiger partial charge in [0.1, 0.15) is 17.4 Å². The number of nitrogens with one attached hydrogen (secondary N) is 1. The lowest BCUT2D eigenvalue weighted by Gasteiger charge is -2.08. The van der Waals surface area contributed by atoms with Gasteiger partial charge >= 0.3 is 0 Å². The van der Waals surface area contributed by atoms with Crippen LogP contribution in [0.15, 0.2) is 24.3 Å². The van der Waals surface area contributed by atoms with Crippen molar-refractivity contribution >= 4 is 5.82 Å². The van der Waals surface area contributed by atoms with E-state index in [1.54, 1.807) is 0 Å². The van der Waals surface area contributed by atoms with Crippen molar-refractivity contribution in [3.05, 3.63) is 35.7 Å². The highest BCUT2D eigenvalue weighted by atomic mass is 16.5. The fourth-order valence-corrected chi connectivity index (χ4v) is 2.33. The standard InChI is InChI=1S/C15H17N3O/c1-3-16-15-9-13(17-10(2)18-15)11-4-5-14-12(8-11)6-7-19-14/h4-5,8-9H,3,6-7H2,1-2H3,(H,16,17,18). The Morgan fingerprint density at radius 1 is 1.26 bits per heavy atom. The highest BCUT2D eigenvalue weighted by Crippen LogP contribution is 2.30. The van der Waals surface area contributed by atoms with Gasteiger partial charge in [0.2, 0.25) is 0 Å². The molecular weight excluding hydrogens is 238 g/mol. The molecule has 4 nitrogen and oxygen atoms in total. The minimum absolute atomic E-state index is 0.782. The summed E-state index contributed by atoms with van der Waals surface area (Å²) in [5.41, 5.74) is 3.34. The lowest BCUT2D eigenvalue weighted by atomic mass is 10.1. The predicted molar refractivity (Wildman–Crippen MR) is 75.6 cm³/mol. The molecule has 1 aliphatic rings. The van der Waals surface area contributed by atoms with Crippen LogP contribution in [0.4, 0.5) is 5.82 Å². The van der Waals surface area contributed by atoms with E-state index in [0.29, 0.717) is 0 Å². The van der Waals surface area contributed by atoms with Gasteiger partial charge in [-0.2, -0.15) is 0 Å². The van der Waals surface area contributed by atoms with E-state index in [-0.39, 0.29) is 0 Å². The Labute approximate surface area is 112 Å². The summed E-state index contributed by atoms with van der Waals surface area (Å²) in [5, 5.41) is 3.24. The first-order valence-corrected chi connectivity index (χ1v) is 6.62. The van der Waals surface area contributed by atoms with E-state index in [1.165, 1.54) is 5.56 Å². The number of ether oxygens (including phenoxy) is 1. The van der Waals surface area contributed by atoms with E-state index < -0.39 is 0 Å². The van der Waals surface area contributed by atoms with Crippen molar-refractivity contribution in [3.63, 3.8) is 0 Å². The van der Waals surface area contributed by atoms with Gasteiger partial charge in [0.25, 0.3) is 0 Å². The quantitative estimate of drug-likeness (QED) is 0.916. The molecule has 0 bridgehead atoms. The fourth-order valence-electron chi connectivity index (χ4n) is 2.33. The van der Waals surface area contributed by atoms with Crippen molar-refractivity contribution < 1.29 is 4.74 Å². The van der Waals surface area contributed by atoms with Crippen molar-refractivity contribution in [2.75, 3.05) is 18.5 Å². The third-order valence-corrected chi connectivity index (χ3v) is 3.18. The van der Waals surface area contributed by atoms with E-state index in [9.17, 15) is 0 Å². The third kappa shape index (κ3) is 2.38. The van der Waals surface area contributed by atoms with Gasteiger partial charge < -0.3 is 10.1 Å². The average Bonchev–Trinajstić information content (AvgIpc) is 2.85. The lowest BCUT2D eigenvalue weighted by Crippen LogP contribution is -2.02. The monoisotopic (exact) mass is 255 g/mol. The third-order valence-electron chi connectivity index (χ3n) is 3.18. The summed E-state index contributed by atoms with van der Waals surface area (Å²) in [6, 6.07) is 8.25. The molecule has 2 aromatic rings. The normalized spacial score (nSPS) is 12.9. The summed E-state index contributed by atoms with van der Waals surface area (Å²) in [6.45, 7) is 5.61. The molecule has 0 aliphatic carbocycles. The Kier molecular flexibility index (Phi) is 3.07. The van der Waals surface area contributed by atoms with E-state index in [1.807, 2.05) is 19.1 Å². The van der Waals surface area contributed by atoms with Crippen LogP contribution in [-0.2, 0) is 6.42 Å². The Hall–Kier alpha value is -2.10. The molecule has 0 fully saturated rings. The van der Waals surface area contributed by atoms with Crippen molar-refractivity contribution in [1.29, 1.82) is 0 Å². The Morgan fingerprint density at radius 3 is 3.00 bits per heavy atom. The van der Waals surface area contributed by atoms with Crippen LogP contribution in [0.2, 0.25) is 0 Å². The van der Waals surface area contributed by atoms with E-state index in [4.69, 9.17) is 4.74 Å². The SMILES string of the molecule is CCNc1cc(-c2ccc3c(c2)CCO3)nc(C)n1. The van der Waals surface area contributed by atoms with Crippen LogP contribution in [-0.4, -0.2) is 23.1 Å². The first-order chi connectivity index (χ1) is 9.26. The minimum atomic E-state index is 0.782. The number of aromatic nitrogens is 2. The summed E-state index contributed by atoms with van der Waals surface area (Å²) in [6.07, 6.45) is 0.979. The Bertz CT molecular complexity index is 610. The Balaban J connectivity index is 2.01. The molecule has 2 heterocycles. The number of anilines is 1. The van der Waals surface area contributed by atoms with Crippen LogP contribution in [0.3, 0.4) is 0 Å². The maximum Gasteiger partial charge on any atom is 0.130 e. The molecule has 0 atom stereocenters. The largest absolute Gasteiger partial charge is 0.493 e. The maximum atomic E-state index is 5.53. The van der Waals surface area contributed by atoms with Gasteiger partial charge in [-0.25, -0.2) is 9.97 Å². The van der Waals surface area contributed by atoms with Gasteiger partial charge in [0.05, 0.1) is 12.3 Å². The maximum absolute atomic E-state index is 5.53. The second-order valence-electron chi connectivity index (χ2n) is 4.64. The van der Waals surface area contributed by atoms with Gasteiger partial charge in [-0.3, -0.25) is 0 Å². The predicted octanol–water partition coefficient (Wildman–Crippen LogP) is 2.82. The van der Waals surface area contributed by atoms with Crippen LogP contribution in [0, 0.1) is 6.92 Å². The van der Waals surface area contributed by atoms with Gasteiger partial charge in [0, 0.05) is 24.6 Å². The van der Waals surface area contributed by atoms with Crippen molar-refractivity contribution in [2.24, 2.45) is 0 Å². The van der Waals surface area contributed by atoms with Gasteiger partial charge in [-0.05, 0) is 37.6 Å². The van der Waals surface area contributed by atoms with Gasteiger partial charge in [-0.15, -0.1) is 0 Å². The summed E-state index contributed by atoms with van der Waals surface area (Å²) in [5.74, 6) is 2.66. The molecule has 0 saturated carbocycles. The number of benzene rings is 1. The first kappa shape index (κ1) is 12.0. The summed E-state index contributed by atoms with van der Waals surface area (Å²) in [7, 11) is 0. The van der Waals surface area contributed by atoms with Gasteiger partial charge in [0.15, 0.2) is 0 Å². The molecule has 1 aliphatic heterocycles. The second kappa shape index (κ2) is 4.88. The molecular formula is C15H17N3O. The zero-order valence-electron chi connectivity index (χ0n) is 11.2. The number of rotatable bonds is 3. The van der Waals surface area contributed by atoms with E-state index in [2.05, 4.69) is 34.3 Å². The van der Waals surface area contributed by atoms with Crippen LogP contribution in [0.5, 0.6) is 5.75 Å². The van der Waals surface area contributed by atoms with Crippen LogP contribution in [0.25, 0.3) is 11.3 Å². The molecule has 1 aromatic carbocycles. The summed E-state index contributed by atoms with van der Waals surface area (Å²) in [4.78, 5) is 8.89. The molecule has 4 heteroatoms. The van der Waals surface area contributed by atoms with Crippen molar-refractivity contribution in [2.45, 2.75) is 20.3 Å². The zero-order valence-corrected chi connectivity index (χ0v) is 11.2. The molecule has 0 amide bonds. The molecule has 0 radical (unpaired) electrons. The first-order valence-electron chi connectivity index (χ1n) is 6.62. The molecule has 0 spiro atoms. The molecule has 0 unspecified atom stereocenters. The molecule has 0 saturated heterocycles. The van der Waals surface area contributed by atoms with E-state index >= 15 is 0 Å². The highest BCUT2D eigenvalue weighted by Gasteiger charge is 2.13. The van der Waals surface area contributed by atoms with Crippen LogP contribution < -0.4 is 10.1 Å². The van der Waals surface area contributed by atoms with E-state index in [0.717, 1.165) is 48.2 Å². The van der Waals surface area contributed by atoms with Crippen LogP contribution in [0.1, 0.15) is 18.3 Å². The average molecular weight is 255 g/mol. The molecule has 3 rings (SSSR count). The summed E-state index contributed by atoms with van der Waals surface area (Å²) < 4.78 is 5.53.